The topological polar surface area (TPSA) is 15.3 Å². The minimum atomic E-state index is -0.212. The Morgan fingerprint density at radius 2 is 2.18 bits per heavy atom. The lowest BCUT2D eigenvalue weighted by atomic mass is 10.1. The molecule has 2 nitrogen and oxygen atoms in total. The number of hydrogen-bond donors (Lipinski definition) is 1. The molecule has 1 N–H and O–H groups in total. The first-order valence-electron chi connectivity index (χ1n) is 6.05. The Morgan fingerprint density at radius 3 is 2.94 bits per heavy atom. The summed E-state index contributed by atoms with van der Waals surface area (Å²) in [6, 6.07) is 5.60. The van der Waals surface area contributed by atoms with E-state index in [1.165, 1.54) is 25.5 Å². The molecule has 0 radical (unpaired) electrons. The lowest BCUT2D eigenvalue weighted by molar-refractivity contribution is 0.348. The van der Waals surface area contributed by atoms with E-state index in [1.807, 2.05) is 6.07 Å². The van der Waals surface area contributed by atoms with Gasteiger partial charge in [0.2, 0.25) is 0 Å². The van der Waals surface area contributed by atoms with Crippen molar-refractivity contribution in [2.75, 3.05) is 25.5 Å². The van der Waals surface area contributed by atoms with Crippen molar-refractivity contribution in [3.05, 3.63) is 28.5 Å². The van der Waals surface area contributed by atoms with E-state index < -0.39 is 0 Å². The molecule has 0 saturated carbocycles. The van der Waals surface area contributed by atoms with Crippen molar-refractivity contribution in [1.82, 2.24) is 4.90 Å². The minimum Gasteiger partial charge on any atom is -0.382 e. The fourth-order valence-electron chi connectivity index (χ4n) is 2.21. The molecule has 1 saturated heterocycles. The Bertz CT molecular complexity index is 384. The van der Waals surface area contributed by atoms with Gasteiger partial charge < -0.3 is 10.2 Å². The maximum absolute atomic E-state index is 13.1. The van der Waals surface area contributed by atoms with Crippen LogP contribution in [0.4, 0.5) is 10.1 Å². The van der Waals surface area contributed by atoms with Crippen LogP contribution in [0.3, 0.4) is 0 Å². The van der Waals surface area contributed by atoms with Crippen molar-refractivity contribution in [1.29, 1.82) is 0 Å². The Balaban J connectivity index is 1.97. The van der Waals surface area contributed by atoms with Crippen molar-refractivity contribution >= 4 is 21.6 Å². The molecule has 4 heteroatoms. The van der Waals surface area contributed by atoms with E-state index in [1.54, 1.807) is 6.07 Å². The van der Waals surface area contributed by atoms with Gasteiger partial charge in [0.15, 0.2) is 0 Å². The molecule has 0 aliphatic carbocycles. The van der Waals surface area contributed by atoms with Gasteiger partial charge in [-0.3, -0.25) is 0 Å². The van der Waals surface area contributed by atoms with Gasteiger partial charge in [0.05, 0.1) is 4.47 Å². The molecule has 1 aliphatic heterocycles. The van der Waals surface area contributed by atoms with Crippen molar-refractivity contribution < 1.29 is 4.39 Å². The van der Waals surface area contributed by atoms with E-state index in [4.69, 9.17) is 0 Å². The summed E-state index contributed by atoms with van der Waals surface area (Å²) in [5.74, 6) is -0.212. The first kappa shape index (κ1) is 12.8. The maximum Gasteiger partial charge on any atom is 0.137 e. The summed E-state index contributed by atoms with van der Waals surface area (Å²) in [5, 5.41) is 3.49. The van der Waals surface area contributed by atoms with E-state index in [0.29, 0.717) is 10.5 Å². The second-order valence-electron chi connectivity index (χ2n) is 4.70. The van der Waals surface area contributed by atoms with Gasteiger partial charge in [-0.25, -0.2) is 4.39 Å². The van der Waals surface area contributed by atoms with E-state index in [0.717, 1.165) is 18.7 Å². The molecular weight excluding hydrogens is 283 g/mol. The molecule has 2 rings (SSSR count). The summed E-state index contributed by atoms with van der Waals surface area (Å²) >= 11 is 3.21. The average molecular weight is 301 g/mol. The van der Waals surface area contributed by atoms with Crippen LogP contribution in [0.5, 0.6) is 0 Å². The third-order valence-corrected chi connectivity index (χ3v) is 3.85. The molecule has 1 atom stereocenters. The molecule has 0 bridgehead atoms. The van der Waals surface area contributed by atoms with E-state index in [-0.39, 0.29) is 5.82 Å². The van der Waals surface area contributed by atoms with Crippen molar-refractivity contribution in [3.8, 4) is 0 Å². The Labute approximate surface area is 110 Å². The summed E-state index contributed by atoms with van der Waals surface area (Å²) in [6.45, 7) is 2.30. The first-order chi connectivity index (χ1) is 8.15. The molecule has 1 unspecified atom stereocenters. The third-order valence-electron chi connectivity index (χ3n) is 3.24. The van der Waals surface area contributed by atoms with Gasteiger partial charge in [0.1, 0.15) is 5.82 Å². The van der Waals surface area contributed by atoms with E-state index >= 15 is 0 Å². The number of halogens is 2. The van der Waals surface area contributed by atoms with Gasteiger partial charge >= 0.3 is 0 Å². The molecule has 0 spiro atoms. The number of nitrogens with zero attached hydrogens (tertiary/aromatic N) is 1. The zero-order valence-electron chi connectivity index (χ0n) is 10.0. The van der Waals surface area contributed by atoms with Gasteiger partial charge in [-0.15, -0.1) is 0 Å². The highest BCUT2D eigenvalue weighted by Crippen LogP contribution is 2.22. The van der Waals surface area contributed by atoms with Gasteiger partial charge in [0.25, 0.3) is 0 Å². The van der Waals surface area contributed by atoms with Crippen molar-refractivity contribution in [2.24, 2.45) is 0 Å². The third kappa shape index (κ3) is 3.68. The summed E-state index contributed by atoms with van der Waals surface area (Å²) < 4.78 is 13.6. The standard InChI is InChI=1S/C13H18BrFN2/c1-17-7-2-3-10(6-8-17)16-11-4-5-13(15)12(14)9-11/h4-5,9-10,16H,2-3,6-8H2,1H3. The predicted molar refractivity (Wildman–Crippen MR) is 72.9 cm³/mol. The smallest absolute Gasteiger partial charge is 0.137 e. The largest absolute Gasteiger partial charge is 0.382 e. The number of rotatable bonds is 2. The van der Waals surface area contributed by atoms with E-state index in [2.05, 4.69) is 33.2 Å². The highest BCUT2D eigenvalue weighted by Gasteiger charge is 2.14. The predicted octanol–water partition coefficient (Wildman–Crippen LogP) is 3.48. The Kier molecular flexibility index (Phi) is 4.40. The number of benzene rings is 1. The van der Waals surface area contributed by atoms with Crippen LogP contribution in [-0.2, 0) is 0 Å². The van der Waals surface area contributed by atoms with Gasteiger partial charge in [-0.05, 0) is 73.5 Å². The average Bonchev–Trinajstić information content (AvgIpc) is 2.49. The first-order valence-corrected chi connectivity index (χ1v) is 6.84. The van der Waals surface area contributed by atoms with Crippen LogP contribution in [0.2, 0.25) is 0 Å². The van der Waals surface area contributed by atoms with Crippen LogP contribution in [0.25, 0.3) is 0 Å². The Hall–Kier alpha value is -0.610. The highest BCUT2D eigenvalue weighted by molar-refractivity contribution is 9.10. The summed E-state index contributed by atoms with van der Waals surface area (Å²) in [7, 11) is 2.16. The molecular formula is C13H18BrFN2. The van der Waals surface area contributed by atoms with Crippen LogP contribution in [0.1, 0.15) is 19.3 Å². The number of hydrogen-bond acceptors (Lipinski definition) is 2. The fourth-order valence-corrected chi connectivity index (χ4v) is 2.58. The van der Waals surface area contributed by atoms with Crippen LogP contribution in [0, 0.1) is 5.82 Å². The molecule has 94 valence electrons. The summed E-state index contributed by atoms with van der Waals surface area (Å²) in [4.78, 5) is 2.36. The second-order valence-corrected chi connectivity index (χ2v) is 5.56. The second kappa shape index (κ2) is 5.83. The van der Waals surface area contributed by atoms with Gasteiger partial charge in [-0.1, -0.05) is 0 Å². The molecule has 1 heterocycles. The zero-order valence-corrected chi connectivity index (χ0v) is 11.6. The van der Waals surface area contributed by atoms with Crippen LogP contribution in [-0.4, -0.2) is 31.1 Å². The zero-order chi connectivity index (χ0) is 12.3. The number of nitrogens with one attached hydrogen (secondary N) is 1. The minimum absolute atomic E-state index is 0.212. The number of likely N-dealkylation sites (tertiary alicyclic amines) is 1. The Morgan fingerprint density at radius 1 is 1.35 bits per heavy atom. The monoisotopic (exact) mass is 300 g/mol. The molecule has 1 aromatic carbocycles. The van der Waals surface area contributed by atoms with Crippen LogP contribution in [0.15, 0.2) is 22.7 Å². The van der Waals surface area contributed by atoms with Crippen LogP contribution < -0.4 is 5.32 Å². The van der Waals surface area contributed by atoms with Gasteiger partial charge in [-0.2, -0.15) is 0 Å². The fraction of sp³-hybridized carbons (Fsp3) is 0.538. The number of anilines is 1. The molecule has 1 fully saturated rings. The maximum atomic E-state index is 13.1. The normalized spacial score (nSPS) is 22.2. The lowest BCUT2D eigenvalue weighted by Crippen LogP contribution is -2.22. The lowest BCUT2D eigenvalue weighted by Gasteiger charge is -2.18. The quantitative estimate of drug-likeness (QED) is 0.899. The SMILES string of the molecule is CN1CCCC(Nc2ccc(F)c(Br)c2)CC1. The van der Waals surface area contributed by atoms with Crippen molar-refractivity contribution in [3.63, 3.8) is 0 Å². The molecule has 0 amide bonds. The van der Waals surface area contributed by atoms with Gasteiger partial charge in [0, 0.05) is 11.7 Å². The van der Waals surface area contributed by atoms with E-state index in [9.17, 15) is 4.39 Å². The van der Waals surface area contributed by atoms with Crippen LogP contribution >= 0.6 is 15.9 Å². The molecule has 17 heavy (non-hydrogen) atoms. The highest BCUT2D eigenvalue weighted by atomic mass is 79.9. The van der Waals surface area contributed by atoms with Crippen molar-refractivity contribution in [2.45, 2.75) is 25.3 Å². The molecule has 0 aromatic heterocycles. The molecule has 1 aromatic rings. The summed E-state index contributed by atoms with van der Waals surface area (Å²) in [6.07, 6.45) is 3.54. The summed E-state index contributed by atoms with van der Waals surface area (Å²) in [5.41, 5.74) is 0.993. The molecule has 1 aliphatic rings.